The standard InChI is InChI=1S/C32H39FN4O.C29H34FN3O.C27H37FN4O/c33-26-17-15-24(16-18-26)23-25-9-7-8-14-29-30(34-37(31(25)29)28-12-5-2-6-13-28)32(38)36-21-19-35(20-22-36)27-10-3-1-4-11-27;30-24-17-15-21(16-18-24)19-23-11-7-8-14-26-27(29(34)31-20-22-9-3-1-4-10-22)32-33(28(23)26)25-12-5-2-6-13-25;28-22-15-13-20(14-16-22)19-21-9-5-6-12-24-25(27(33)30-31-17-7-2-8-18-31)29-32(26(21)24)23-10-3-1-4-11-23/h1,3-4,10-11,15-18,25,28H,2,5-9,12-14,19-23H2;1,3-4,9-10,15-18,23,25H,2,5-8,11-14,19-20H2,(H,31,34);13-16,21,23H,1-12,17-19H2,(H,30,33). The number of aromatic nitrogens is 6. The first-order valence-electron chi connectivity index (χ1n) is 40.6. The van der Waals surface area contributed by atoms with Crippen molar-refractivity contribution in [1.82, 2.24) is 50.0 Å². The summed E-state index contributed by atoms with van der Waals surface area (Å²) in [4.78, 5) is 45.2. The highest BCUT2D eigenvalue weighted by Crippen LogP contribution is 2.44. The lowest BCUT2D eigenvalue weighted by atomic mass is 9.89. The second-order valence-corrected chi connectivity index (χ2v) is 31.4. The summed E-state index contributed by atoms with van der Waals surface area (Å²) in [5.74, 6) is 0.339. The highest BCUT2D eigenvalue weighted by Gasteiger charge is 2.38. The van der Waals surface area contributed by atoms with Crippen LogP contribution in [0.25, 0.3) is 0 Å². The number of anilines is 1. The number of nitrogens with zero attached hydrogens (tertiary/aromatic N) is 9. The van der Waals surface area contributed by atoms with E-state index in [0.29, 0.717) is 59.5 Å². The molecule has 8 aliphatic rings. The van der Waals surface area contributed by atoms with Gasteiger partial charge in [-0.25, -0.2) is 18.2 Å². The number of para-hydroxylation sites is 1. The van der Waals surface area contributed by atoms with Crippen LogP contribution in [-0.2, 0) is 45.1 Å². The summed E-state index contributed by atoms with van der Waals surface area (Å²) in [5, 5.41) is 20.4. The number of fused-ring (bicyclic) bond motifs is 3. The molecule has 105 heavy (non-hydrogen) atoms. The average molecular weight is 1430 g/mol. The molecule has 5 fully saturated rings. The van der Waals surface area contributed by atoms with Gasteiger partial charge in [0.1, 0.15) is 17.5 Å². The first-order chi connectivity index (χ1) is 51.5. The van der Waals surface area contributed by atoms with Gasteiger partial charge in [0.05, 0.1) is 18.1 Å². The number of piperidine rings is 1. The molecule has 2 N–H and O–H groups in total. The van der Waals surface area contributed by atoms with Crippen molar-refractivity contribution in [1.29, 1.82) is 0 Å². The number of hydrogen-bond donors (Lipinski definition) is 2. The summed E-state index contributed by atoms with van der Waals surface area (Å²) in [6.45, 7) is 5.47. The van der Waals surface area contributed by atoms with Crippen LogP contribution in [-0.4, -0.2) is 96.2 Å². The van der Waals surface area contributed by atoms with Crippen molar-refractivity contribution in [2.45, 2.75) is 254 Å². The van der Waals surface area contributed by atoms with Gasteiger partial charge in [0.25, 0.3) is 17.7 Å². The maximum atomic E-state index is 14.0. The lowest BCUT2D eigenvalue weighted by molar-refractivity contribution is 0.0732. The minimum absolute atomic E-state index is 0.0369. The molecule has 17 heteroatoms. The van der Waals surface area contributed by atoms with E-state index < -0.39 is 0 Å². The number of rotatable bonds is 16. The predicted molar refractivity (Wildman–Crippen MR) is 409 cm³/mol. The number of carbonyl (C=O) groups excluding carboxylic acids is 3. The summed E-state index contributed by atoms with van der Waals surface area (Å²) < 4.78 is 47.4. The molecule has 6 aliphatic carbocycles. The Hall–Kier alpha value is -8.31. The number of carbonyl (C=O) groups is 3. The van der Waals surface area contributed by atoms with Crippen LogP contribution in [0.4, 0.5) is 18.9 Å². The molecule has 0 spiro atoms. The molecule has 556 valence electrons. The quantitative estimate of drug-likeness (QED) is 0.0912. The van der Waals surface area contributed by atoms with Gasteiger partial charge in [0, 0.05) is 103 Å². The highest BCUT2D eigenvalue weighted by molar-refractivity contribution is 5.95. The summed E-state index contributed by atoms with van der Waals surface area (Å²) in [6, 6.07) is 42.4. The molecule has 2 aliphatic heterocycles. The molecule has 3 amide bonds. The van der Waals surface area contributed by atoms with Gasteiger partial charge in [0.2, 0.25) is 0 Å². The Bertz CT molecular complexity index is 4100. The van der Waals surface area contributed by atoms with Crippen LogP contribution in [0, 0.1) is 17.5 Å². The third kappa shape index (κ3) is 18.4. The van der Waals surface area contributed by atoms with Crippen molar-refractivity contribution in [3.63, 3.8) is 0 Å². The van der Waals surface area contributed by atoms with Crippen molar-refractivity contribution >= 4 is 23.4 Å². The maximum absolute atomic E-state index is 14.0. The van der Waals surface area contributed by atoms with Gasteiger partial charge in [0.15, 0.2) is 17.1 Å². The van der Waals surface area contributed by atoms with E-state index in [1.54, 1.807) is 36.4 Å². The Morgan fingerprint density at radius 3 is 1.14 bits per heavy atom. The van der Waals surface area contributed by atoms with E-state index in [-0.39, 0.29) is 35.2 Å². The monoisotopic (exact) mass is 1430 g/mol. The summed E-state index contributed by atoms with van der Waals surface area (Å²) >= 11 is 0. The van der Waals surface area contributed by atoms with Crippen LogP contribution in [0.3, 0.4) is 0 Å². The molecule has 3 saturated carbocycles. The topological polar surface area (TPSA) is 138 Å². The van der Waals surface area contributed by atoms with E-state index in [4.69, 9.17) is 15.3 Å². The number of hydrogen-bond acceptors (Lipinski definition) is 8. The fraction of sp³-hybridized carbons (Fsp3) is 0.523. The molecule has 5 heterocycles. The first-order valence-corrected chi connectivity index (χ1v) is 40.6. The molecule has 5 aromatic carbocycles. The Balaban J connectivity index is 0.000000133. The number of benzene rings is 5. The van der Waals surface area contributed by atoms with Crippen LogP contribution in [0.5, 0.6) is 0 Å². The van der Waals surface area contributed by atoms with Crippen molar-refractivity contribution < 1.29 is 27.6 Å². The molecule has 3 aromatic heterocycles. The fourth-order valence-electron chi connectivity index (χ4n) is 18.7. The Morgan fingerprint density at radius 1 is 0.362 bits per heavy atom. The average Bonchev–Trinajstić information content (AvgIpc) is 1.63. The highest BCUT2D eigenvalue weighted by atomic mass is 19.1. The molecule has 16 rings (SSSR count). The third-order valence-corrected chi connectivity index (χ3v) is 24.2. The number of hydrazine groups is 1. The minimum Gasteiger partial charge on any atom is -0.368 e. The fourth-order valence-corrected chi connectivity index (χ4v) is 18.7. The molecular formula is C88H110F3N11O3. The maximum Gasteiger partial charge on any atom is 0.286 e. The zero-order chi connectivity index (χ0) is 71.9. The molecule has 3 atom stereocenters. The van der Waals surface area contributed by atoms with Gasteiger partial charge in [-0.3, -0.25) is 33.9 Å². The smallest absolute Gasteiger partial charge is 0.286 e. The summed E-state index contributed by atoms with van der Waals surface area (Å²) in [6.07, 6.45) is 36.8. The molecule has 14 nitrogen and oxygen atoms in total. The van der Waals surface area contributed by atoms with Crippen LogP contribution in [0.15, 0.2) is 133 Å². The SMILES string of the molecule is O=C(NCc1ccccc1)c1nn(C2CCCCC2)c2c1CCCCC2Cc1ccc(F)cc1.O=C(NN1CCCCC1)c1nn(C2CCCCC2)c2c1CCCCC2Cc1ccc(F)cc1.O=C(c1nn(C2CCCCC2)c2c1CCCCC2Cc1ccc(F)cc1)N1CCN(c2ccccc2)CC1. The van der Waals surface area contributed by atoms with Gasteiger partial charge in [-0.15, -0.1) is 0 Å². The van der Waals surface area contributed by atoms with E-state index in [9.17, 15) is 27.6 Å². The molecule has 8 aromatic rings. The predicted octanol–water partition coefficient (Wildman–Crippen LogP) is 18.8. The minimum atomic E-state index is -0.199. The summed E-state index contributed by atoms with van der Waals surface area (Å²) in [5.41, 5.74) is 18.2. The van der Waals surface area contributed by atoms with E-state index in [2.05, 4.69) is 59.0 Å². The van der Waals surface area contributed by atoms with E-state index >= 15 is 0 Å². The molecule has 0 radical (unpaired) electrons. The van der Waals surface area contributed by atoms with Gasteiger partial charge < -0.3 is 15.1 Å². The zero-order valence-corrected chi connectivity index (χ0v) is 61.8. The largest absolute Gasteiger partial charge is 0.368 e. The lowest BCUT2D eigenvalue weighted by Crippen LogP contribution is -2.49. The van der Waals surface area contributed by atoms with Gasteiger partial charge in [-0.1, -0.05) is 168 Å². The van der Waals surface area contributed by atoms with Gasteiger partial charge >= 0.3 is 0 Å². The second-order valence-electron chi connectivity index (χ2n) is 31.4. The first kappa shape index (κ1) is 73.6. The number of amides is 3. The second kappa shape index (κ2) is 35.9. The van der Waals surface area contributed by atoms with Crippen LogP contribution in [0.2, 0.25) is 0 Å². The van der Waals surface area contributed by atoms with E-state index in [1.165, 1.54) is 98.1 Å². The number of piperazine rings is 1. The van der Waals surface area contributed by atoms with Gasteiger partial charge in [-0.2, -0.15) is 15.3 Å². The van der Waals surface area contributed by atoms with Crippen LogP contribution >= 0.6 is 0 Å². The van der Waals surface area contributed by atoms with E-state index in [1.807, 2.05) is 77.7 Å². The number of nitrogens with one attached hydrogen (secondary N) is 2. The van der Waals surface area contributed by atoms with Crippen molar-refractivity contribution in [3.8, 4) is 0 Å². The molecular weight excluding hydrogens is 1320 g/mol. The van der Waals surface area contributed by atoms with Crippen LogP contribution < -0.4 is 15.6 Å². The summed E-state index contributed by atoms with van der Waals surface area (Å²) in [7, 11) is 0. The Kier molecular flexibility index (Phi) is 25.1. The Morgan fingerprint density at radius 2 is 0.724 bits per heavy atom. The number of halogens is 3. The third-order valence-electron chi connectivity index (χ3n) is 24.2. The molecule has 2 saturated heterocycles. The van der Waals surface area contributed by atoms with Crippen LogP contribution in [0.1, 0.15) is 297 Å². The van der Waals surface area contributed by atoms with Crippen molar-refractivity contribution in [2.24, 2.45) is 0 Å². The zero-order valence-electron chi connectivity index (χ0n) is 61.8. The van der Waals surface area contributed by atoms with E-state index in [0.717, 1.165) is 215 Å². The Labute approximate surface area is 620 Å². The van der Waals surface area contributed by atoms with Crippen molar-refractivity contribution in [3.05, 3.63) is 224 Å². The van der Waals surface area contributed by atoms with Gasteiger partial charge in [-0.05, 0) is 199 Å². The molecule has 3 unspecified atom stereocenters. The normalized spacial score (nSPS) is 20.7. The molecule has 0 bridgehead atoms. The lowest BCUT2D eigenvalue weighted by Gasteiger charge is -2.36. The van der Waals surface area contributed by atoms with Crippen molar-refractivity contribution in [2.75, 3.05) is 44.2 Å².